The van der Waals surface area contributed by atoms with Crippen molar-refractivity contribution in [1.29, 1.82) is 0 Å². The van der Waals surface area contributed by atoms with Crippen molar-refractivity contribution in [1.82, 2.24) is 13.9 Å². The van der Waals surface area contributed by atoms with E-state index in [4.69, 9.17) is 23.2 Å². The third kappa shape index (κ3) is 3.82. The number of hydrogen-bond donors (Lipinski definition) is 1. The number of imide groups is 1. The van der Waals surface area contributed by atoms with Crippen LogP contribution in [0.5, 0.6) is 5.75 Å². The minimum Gasteiger partial charge on any atom is -0.508 e. The molecule has 7 rings (SSSR count). The van der Waals surface area contributed by atoms with Gasteiger partial charge in [-0.15, -0.1) is 23.2 Å². The van der Waals surface area contributed by atoms with Gasteiger partial charge < -0.3 is 5.11 Å². The molecular weight excluding hydrogens is 674 g/mol. The SMILES string of the molecule is Cc1cc(C2C3=CCn4c(=O)n(-c5ccccc5)c(=O)n4C3CC3(Cl)C(=O)N(c4c(F)c(F)c(F)c(F)c4F)C(=O)C23Cl)ccc1O. The summed E-state index contributed by atoms with van der Waals surface area (Å²) in [5.74, 6) is -17.1. The molecule has 0 spiro atoms. The maximum Gasteiger partial charge on any atom is 0.352 e. The Morgan fingerprint density at radius 1 is 0.830 bits per heavy atom. The minimum atomic E-state index is -2.68. The number of nitrogens with zero attached hydrogens (tertiary/aromatic N) is 4. The molecular formula is C31H19Cl2F5N4O5. The molecule has 1 aromatic heterocycles. The van der Waals surface area contributed by atoms with Crippen molar-refractivity contribution < 1.29 is 36.6 Å². The first-order valence-electron chi connectivity index (χ1n) is 13.9. The number of halogens is 7. The number of amides is 2. The first kappa shape index (κ1) is 30.9. The predicted molar refractivity (Wildman–Crippen MR) is 158 cm³/mol. The molecule has 2 fully saturated rings. The fraction of sp³-hybridized carbons (Fsp3) is 0.226. The molecule has 3 aliphatic rings. The highest BCUT2D eigenvalue weighted by atomic mass is 35.5. The fourth-order valence-corrected chi connectivity index (χ4v) is 7.77. The zero-order valence-corrected chi connectivity index (χ0v) is 25.3. The van der Waals surface area contributed by atoms with E-state index in [1.165, 1.54) is 43.3 Å². The lowest BCUT2D eigenvalue weighted by Gasteiger charge is -2.49. The number of phenols is 1. The van der Waals surface area contributed by atoms with Gasteiger partial charge in [-0.25, -0.2) is 50.4 Å². The van der Waals surface area contributed by atoms with Gasteiger partial charge in [-0.2, -0.15) is 0 Å². The van der Waals surface area contributed by atoms with Gasteiger partial charge in [0.2, 0.25) is 5.82 Å². The van der Waals surface area contributed by atoms with Crippen LogP contribution in [0.2, 0.25) is 0 Å². The summed E-state index contributed by atoms with van der Waals surface area (Å²) in [6.07, 6.45) is 0.777. The zero-order valence-electron chi connectivity index (χ0n) is 23.8. The van der Waals surface area contributed by atoms with Crippen LogP contribution in [0.1, 0.15) is 29.5 Å². The van der Waals surface area contributed by atoms with Crippen LogP contribution < -0.4 is 16.3 Å². The number of phenolic OH excluding ortho intramolecular Hbond substituents is 1. The van der Waals surface area contributed by atoms with E-state index in [-0.39, 0.29) is 39.6 Å². The highest BCUT2D eigenvalue weighted by Gasteiger charge is 2.76. The van der Waals surface area contributed by atoms with Crippen molar-refractivity contribution >= 4 is 40.7 Å². The van der Waals surface area contributed by atoms with Crippen molar-refractivity contribution in [2.45, 2.75) is 41.6 Å². The lowest BCUT2D eigenvalue weighted by Crippen LogP contribution is -2.59. The van der Waals surface area contributed by atoms with E-state index < -0.39 is 86.1 Å². The maximum atomic E-state index is 15.1. The number of allylic oxidation sites excluding steroid dienone is 2. The van der Waals surface area contributed by atoms with Crippen LogP contribution in [0.4, 0.5) is 27.6 Å². The van der Waals surface area contributed by atoms with Crippen molar-refractivity contribution in [2.24, 2.45) is 0 Å². The van der Waals surface area contributed by atoms with Gasteiger partial charge >= 0.3 is 11.4 Å². The number of alkyl halides is 2. The Kier molecular flexibility index (Phi) is 6.68. The number of fused-ring (bicyclic) bond motifs is 4. The van der Waals surface area contributed by atoms with Crippen LogP contribution in [0.3, 0.4) is 0 Å². The Morgan fingerprint density at radius 2 is 1.45 bits per heavy atom. The van der Waals surface area contributed by atoms with Gasteiger partial charge in [0.05, 0.1) is 18.3 Å². The molecule has 0 bridgehead atoms. The van der Waals surface area contributed by atoms with E-state index in [2.05, 4.69) is 0 Å². The quantitative estimate of drug-likeness (QED) is 0.0837. The Labute approximate surface area is 270 Å². The van der Waals surface area contributed by atoms with Crippen LogP contribution in [-0.2, 0) is 16.1 Å². The van der Waals surface area contributed by atoms with Gasteiger partial charge in [0, 0.05) is 12.3 Å². The average Bonchev–Trinajstić information content (AvgIpc) is 3.39. The molecule has 242 valence electrons. The summed E-state index contributed by atoms with van der Waals surface area (Å²) < 4.78 is 75.9. The number of anilines is 1. The standard InChI is InChI=1S/C31H19Cl2F5N4O5/c1-13-11-14(7-8-18(13)43)19-16-9-10-39-28(46)40(15-5-3-2-4-6-15)29(47)42(39)17(16)12-30(32)26(44)41(27(45)31(19,30)33)25-23(37)21(35)20(34)22(36)24(25)38/h2-9,11,17,19,43H,10,12H2,1H3. The molecule has 4 unspecified atom stereocenters. The Balaban J connectivity index is 1.50. The molecule has 1 N–H and O–H groups in total. The molecule has 4 aromatic rings. The molecule has 1 saturated carbocycles. The van der Waals surface area contributed by atoms with Crippen molar-refractivity contribution in [3.05, 3.63) is 121 Å². The highest BCUT2D eigenvalue weighted by molar-refractivity contribution is 6.58. The number of carbonyl (C=O) groups excluding carboxylic acids is 2. The van der Waals surface area contributed by atoms with Gasteiger partial charge in [0.15, 0.2) is 33.0 Å². The Morgan fingerprint density at radius 3 is 2.06 bits per heavy atom. The molecule has 47 heavy (non-hydrogen) atoms. The maximum absolute atomic E-state index is 15.1. The average molecular weight is 693 g/mol. The smallest absolute Gasteiger partial charge is 0.352 e. The second-order valence-corrected chi connectivity index (χ2v) is 12.7. The van der Waals surface area contributed by atoms with Crippen LogP contribution in [-0.4, -0.2) is 40.6 Å². The summed E-state index contributed by atoms with van der Waals surface area (Å²) >= 11 is 14.1. The molecule has 9 nitrogen and oxygen atoms in total. The first-order chi connectivity index (χ1) is 22.2. The molecule has 0 radical (unpaired) electrons. The van der Waals surface area contributed by atoms with Crippen LogP contribution in [0.25, 0.3) is 5.69 Å². The van der Waals surface area contributed by atoms with Gasteiger partial charge in [0.25, 0.3) is 11.8 Å². The topological polar surface area (TPSA) is 107 Å². The molecule has 16 heteroatoms. The van der Waals surface area contributed by atoms with Gasteiger partial charge in [-0.1, -0.05) is 36.4 Å². The number of para-hydroxylation sites is 1. The van der Waals surface area contributed by atoms with Crippen LogP contribution >= 0.6 is 23.2 Å². The molecule has 3 heterocycles. The predicted octanol–water partition coefficient (Wildman–Crippen LogP) is 4.71. The number of aromatic hydroxyl groups is 1. The number of carbonyl (C=O) groups is 2. The summed E-state index contributed by atoms with van der Waals surface area (Å²) in [6, 6.07) is 10.6. The molecule has 2 aliphatic heterocycles. The van der Waals surface area contributed by atoms with E-state index in [0.29, 0.717) is 0 Å². The largest absolute Gasteiger partial charge is 0.508 e. The third-order valence-corrected chi connectivity index (χ3v) is 10.5. The van der Waals surface area contributed by atoms with Gasteiger partial charge in [-0.3, -0.25) is 9.59 Å². The lowest BCUT2D eigenvalue weighted by molar-refractivity contribution is -0.122. The molecule has 2 amide bonds. The van der Waals surface area contributed by atoms with E-state index >= 15 is 8.78 Å². The summed E-state index contributed by atoms with van der Waals surface area (Å²) in [6.45, 7) is 1.28. The Hall–Kier alpha value is -4.69. The number of aromatic nitrogens is 3. The Bertz CT molecular complexity index is 2210. The molecule has 1 saturated heterocycles. The highest BCUT2D eigenvalue weighted by Crippen LogP contribution is 2.64. The summed E-state index contributed by atoms with van der Waals surface area (Å²) in [5, 5.41) is 10.2. The number of rotatable bonds is 3. The number of benzene rings is 3. The van der Waals surface area contributed by atoms with Crippen LogP contribution in [0, 0.1) is 36.0 Å². The second-order valence-electron chi connectivity index (χ2n) is 11.4. The van der Waals surface area contributed by atoms with E-state index in [1.807, 2.05) is 0 Å². The molecule has 4 atom stereocenters. The zero-order chi connectivity index (χ0) is 33.9. The molecule has 1 aliphatic carbocycles. The second kappa shape index (κ2) is 10.2. The normalized spacial score (nSPS) is 25.0. The number of hydrogen-bond acceptors (Lipinski definition) is 5. The summed E-state index contributed by atoms with van der Waals surface area (Å²) in [7, 11) is 0. The number of aryl methyl sites for hydroxylation is 1. The van der Waals surface area contributed by atoms with Crippen LogP contribution in [0.15, 0.2) is 69.8 Å². The minimum absolute atomic E-state index is 0.156. The van der Waals surface area contributed by atoms with Gasteiger partial charge in [0.1, 0.15) is 11.4 Å². The van der Waals surface area contributed by atoms with Gasteiger partial charge in [-0.05, 0) is 41.8 Å². The third-order valence-electron chi connectivity index (χ3n) is 9.06. The lowest BCUT2D eigenvalue weighted by atomic mass is 9.64. The first-order valence-corrected chi connectivity index (χ1v) is 14.7. The summed E-state index contributed by atoms with van der Waals surface area (Å²) in [5.41, 5.74) is -2.62. The summed E-state index contributed by atoms with van der Waals surface area (Å²) in [4.78, 5) is 50.2. The van der Waals surface area contributed by atoms with E-state index in [9.17, 15) is 37.5 Å². The fourth-order valence-electron chi connectivity index (χ4n) is 6.86. The van der Waals surface area contributed by atoms with E-state index in [0.717, 1.165) is 13.9 Å². The van der Waals surface area contributed by atoms with Crippen molar-refractivity contribution in [2.75, 3.05) is 4.90 Å². The molecule has 3 aromatic carbocycles. The monoisotopic (exact) mass is 692 g/mol. The van der Waals surface area contributed by atoms with Crippen molar-refractivity contribution in [3.63, 3.8) is 0 Å². The van der Waals surface area contributed by atoms with E-state index in [1.54, 1.807) is 18.2 Å². The van der Waals surface area contributed by atoms with Crippen molar-refractivity contribution in [3.8, 4) is 11.4 Å².